The lowest BCUT2D eigenvalue weighted by atomic mass is 10.1. The molecule has 7 nitrogen and oxygen atoms in total. The maximum atomic E-state index is 12.5. The zero-order valence-electron chi connectivity index (χ0n) is 14.1. The molecule has 0 aliphatic heterocycles. The van der Waals surface area contributed by atoms with Crippen molar-refractivity contribution in [2.24, 2.45) is 7.05 Å². The van der Waals surface area contributed by atoms with Gasteiger partial charge in [0, 0.05) is 25.1 Å². The van der Waals surface area contributed by atoms with Gasteiger partial charge >= 0.3 is 5.97 Å². The van der Waals surface area contributed by atoms with Gasteiger partial charge in [0.1, 0.15) is 5.75 Å². The number of nitrogens with one attached hydrogen (secondary N) is 1. The van der Waals surface area contributed by atoms with E-state index in [1.807, 2.05) is 7.05 Å². The van der Waals surface area contributed by atoms with Crippen molar-refractivity contribution in [3.63, 3.8) is 0 Å². The molecule has 0 bridgehead atoms. The molecule has 1 aromatic heterocycles. The minimum absolute atomic E-state index is 0.0859. The third kappa shape index (κ3) is 4.37. The first-order chi connectivity index (χ1) is 12.0. The van der Waals surface area contributed by atoms with E-state index in [1.54, 1.807) is 35.1 Å². The van der Waals surface area contributed by atoms with E-state index in [4.69, 9.17) is 9.84 Å². The summed E-state index contributed by atoms with van der Waals surface area (Å²) in [5.41, 5.74) is 2.29. The predicted octanol–water partition coefficient (Wildman–Crippen LogP) is 2.79. The SMILES string of the molecule is Cn1ncc(C(=O)Nc2ccc(OCCCC(=O)O)cc2)c1C1CC1. The normalized spacial score (nSPS) is 13.5. The molecule has 1 heterocycles. The summed E-state index contributed by atoms with van der Waals surface area (Å²) in [6.07, 6.45) is 4.37. The second kappa shape index (κ2) is 7.38. The fraction of sp³-hybridized carbons (Fsp3) is 0.389. The number of hydrogen-bond acceptors (Lipinski definition) is 4. The van der Waals surface area contributed by atoms with Gasteiger partial charge in [-0.05, 0) is 43.5 Å². The van der Waals surface area contributed by atoms with Gasteiger partial charge in [-0.2, -0.15) is 5.10 Å². The number of anilines is 1. The molecule has 1 amide bonds. The van der Waals surface area contributed by atoms with Gasteiger partial charge < -0.3 is 15.2 Å². The van der Waals surface area contributed by atoms with Gasteiger partial charge in [-0.25, -0.2) is 0 Å². The van der Waals surface area contributed by atoms with Crippen molar-refractivity contribution in [3.05, 3.63) is 41.7 Å². The fourth-order valence-corrected chi connectivity index (χ4v) is 2.71. The van der Waals surface area contributed by atoms with Crippen LogP contribution in [-0.2, 0) is 11.8 Å². The number of carboxylic acids is 1. The first-order valence-corrected chi connectivity index (χ1v) is 8.32. The second-order valence-electron chi connectivity index (χ2n) is 6.17. The molecule has 0 atom stereocenters. The summed E-state index contributed by atoms with van der Waals surface area (Å²) < 4.78 is 7.25. The lowest BCUT2D eigenvalue weighted by molar-refractivity contribution is -0.137. The first-order valence-electron chi connectivity index (χ1n) is 8.32. The molecule has 1 aliphatic carbocycles. The number of aliphatic carboxylic acids is 1. The molecule has 1 aliphatic rings. The van der Waals surface area contributed by atoms with Crippen molar-refractivity contribution in [3.8, 4) is 5.75 Å². The lowest BCUT2D eigenvalue weighted by Crippen LogP contribution is -2.14. The lowest BCUT2D eigenvalue weighted by Gasteiger charge is -2.09. The minimum Gasteiger partial charge on any atom is -0.494 e. The Kier molecular flexibility index (Phi) is 5.02. The van der Waals surface area contributed by atoms with Crippen LogP contribution in [0, 0.1) is 0 Å². The molecule has 7 heteroatoms. The van der Waals surface area contributed by atoms with Crippen LogP contribution in [0.3, 0.4) is 0 Å². The largest absolute Gasteiger partial charge is 0.494 e. The molecule has 1 aromatic carbocycles. The van der Waals surface area contributed by atoms with Gasteiger partial charge in [-0.1, -0.05) is 0 Å². The molecule has 0 radical (unpaired) electrons. The van der Waals surface area contributed by atoms with E-state index in [1.165, 1.54) is 0 Å². The van der Waals surface area contributed by atoms with Crippen LogP contribution in [0.25, 0.3) is 0 Å². The fourth-order valence-electron chi connectivity index (χ4n) is 2.71. The summed E-state index contributed by atoms with van der Waals surface area (Å²) in [5, 5.41) is 15.7. The van der Waals surface area contributed by atoms with Gasteiger partial charge in [0.25, 0.3) is 5.91 Å². The molecule has 2 N–H and O–H groups in total. The molecule has 0 saturated heterocycles. The number of rotatable bonds is 8. The second-order valence-corrected chi connectivity index (χ2v) is 6.17. The van der Waals surface area contributed by atoms with Crippen molar-refractivity contribution in [1.29, 1.82) is 0 Å². The predicted molar refractivity (Wildman–Crippen MR) is 91.9 cm³/mol. The minimum atomic E-state index is -0.831. The molecule has 2 aromatic rings. The van der Waals surface area contributed by atoms with Crippen LogP contribution < -0.4 is 10.1 Å². The third-order valence-corrected chi connectivity index (χ3v) is 4.11. The van der Waals surface area contributed by atoms with Gasteiger partial charge in [-0.3, -0.25) is 14.3 Å². The number of aromatic nitrogens is 2. The molecular formula is C18H21N3O4. The van der Waals surface area contributed by atoms with E-state index in [0.29, 0.717) is 35.9 Å². The number of aryl methyl sites for hydroxylation is 1. The Morgan fingerprint density at radius 3 is 2.68 bits per heavy atom. The Balaban J connectivity index is 1.56. The van der Waals surface area contributed by atoms with Gasteiger partial charge in [-0.15, -0.1) is 0 Å². The van der Waals surface area contributed by atoms with Crippen LogP contribution in [0.1, 0.15) is 47.7 Å². The van der Waals surface area contributed by atoms with Crippen LogP contribution in [0.4, 0.5) is 5.69 Å². The Morgan fingerprint density at radius 1 is 1.32 bits per heavy atom. The van der Waals surface area contributed by atoms with Crippen molar-refractivity contribution < 1.29 is 19.4 Å². The van der Waals surface area contributed by atoms with Crippen LogP contribution in [-0.4, -0.2) is 33.4 Å². The maximum absolute atomic E-state index is 12.5. The number of nitrogens with zero attached hydrogens (tertiary/aromatic N) is 2. The summed E-state index contributed by atoms with van der Waals surface area (Å²) >= 11 is 0. The molecule has 0 spiro atoms. The Hall–Kier alpha value is -2.83. The van der Waals surface area contributed by atoms with E-state index in [0.717, 1.165) is 18.5 Å². The quantitative estimate of drug-likeness (QED) is 0.719. The first kappa shape index (κ1) is 17.0. The highest BCUT2D eigenvalue weighted by atomic mass is 16.5. The topological polar surface area (TPSA) is 93.5 Å². The number of hydrogen-bond donors (Lipinski definition) is 2. The molecule has 132 valence electrons. The number of carbonyl (C=O) groups excluding carboxylic acids is 1. The molecule has 1 saturated carbocycles. The number of carboxylic acid groups (broad SMARTS) is 1. The summed E-state index contributed by atoms with van der Waals surface area (Å²) in [7, 11) is 1.86. The Bertz CT molecular complexity index is 763. The third-order valence-electron chi connectivity index (χ3n) is 4.11. The molecule has 25 heavy (non-hydrogen) atoms. The van der Waals surface area contributed by atoms with Crippen LogP contribution in [0.2, 0.25) is 0 Å². The Morgan fingerprint density at radius 2 is 2.04 bits per heavy atom. The summed E-state index contributed by atoms with van der Waals surface area (Å²) in [5.74, 6) is 0.0889. The van der Waals surface area contributed by atoms with E-state index < -0.39 is 5.97 Å². The van der Waals surface area contributed by atoms with Crippen LogP contribution in [0.5, 0.6) is 5.75 Å². The summed E-state index contributed by atoms with van der Waals surface area (Å²) in [6, 6.07) is 7.03. The highest BCUT2D eigenvalue weighted by Crippen LogP contribution is 2.41. The van der Waals surface area contributed by atoms with Crippen LogP contribution in [0.15, 0.2) is 30.5 Å². The van der Waals surface area contributed by atoms with Crippen molar-refractivity contribution in [1.82, 2.24) is 9.78 Å². The van der Waals surface area contributed by atoms with Crippen molar-refractivity contribution in [2.45, 2.75) is 31.6 Å². The van der Waals surface area contributed by atoms with E-state index in [2.05, 4.69) is 10.4 Å². The van der Waals surface area contributed by atoms with E-state index in [9.17, 15) is 9.59 Å². The number of ether oxygens (including phenoxy) is 1. The summed E-state index contributed by atoms with van der Waals surface area (Å²) in [6.45, 7) is 0.346. The Labute approximate surface area is 145 Å². The zero-order valence-corrected chi connectivity index (χ0v) is 14.1. The molecule has 3 rings (SSSR count). The van der Waals surface area contributed by atoms with Gasteiger partial charge in [0.05, 0.1) is 24.1 Å². The highest BCUT2D eigenvalue weighted by molar-refractivity contribution is 6.05. The average Bonchev–Trinajstić information content (AvgIpc) is 3.34. The smallest absolute Gasteiger partial charge is 0.303 e. The molecule has 0 unspecified atom stereocenters. The molecular weight excluding hydrogens is 322 g/mol. The summed E-state index contributed by atoms with van der Waals surface area (Å²) in [4.78, 5) is 22.9. The van der Waals surface area contributed by atoms with Crippen molar-refractivity contribution >= 4 is 17.6 Å². The van der Waals surface area contributed by atoms with Gasteiger partial charge in [0.2, 0.25) is 0 Å². The average molecular weight is 343 g/mol. The standard InChI is InChI=1S/C18H21N3O4/c1-21-17(12-4-5-12)15(11-19-21)18(24)20-13-6-8-14(9-7-13)25-10-2-3-16(22)23/h6-9,11-12H,2-5,10H2,1H3,(H,20,24)(H,22,23). The van der Waals surface area contributed by atoms with Crippen molar-refractivity contribution in [2.75, 3.05) is 11.9 Å². The highest BCUT2D eigenvalue weighted by Gasteiger charge is 2.31. The van der Waals surface area contributed by atoms with E-state index in [-0.39, 0.29) is 12.3 Å². The van der Waals surface area contributed by atoms with Crippen LogP contribution >= 0.6 is 0 Å². The van der Waals surface area contributed by atoms with Gasteiger partial charge in [0.15, 0.2) is 0 Å². The van der Waals surface area contributed by atoms with E-state index >= 15 is 0 Å². The molecule has 1 fully saturated rings. The number of carbonyl (C=O) groups is 2. The zero-order chi connectivity index (χ0) is 17.8. The monoisotopic (exact) mass is 343 g/mol. The number of amides is 1. The maximum Gasteiger partial charge on any atom is 0.303 e. The number of benzene rings is 1.